The van der Waals surface area contributed by atoms with Gasteiger partial charge in [0.2, 0.25) is 0 Å². The average Bonchev–Trinajstić information content (AvgIpc) is 2.03. The summed E-state index contributed by atoms with van der Waals surface area (Å²) in [5.41, 5.74) is -0.823. The van der Waals surface area contributed by atoms with Gasteiger partial charge in [0.15, 0.2) is 0 Å². The first kappa shape index (κ1) is 10.2. The van der Waals surface area contributed by atoms with Gasteiger partial charge in [-0.3, -0.25) is 4.79 Å². The SMILES string of the molecule is C=CCC(C)(CO)C(=O)OC. The topological polar surface area (TPSA) is 46.5 Å². The normalized spacial score (nSPS) is 15.2. The molecular weight excluding hydrogens is 144 g/mol. The van der Waals surface area contributed by atoms with Gasteiger partial charge in [0.25, 0.3) is 0 Å². The van der Waals surface area contributed by atoms with Crippen LogP contribution < -0.4 is 0 Å². The lowest BCUT2D eigenvalue weighted by molar-refractivity contribution is -0.153. The first-order valence-electron chi connectivity index (χ1n) is 3.41. The van der Waals surface area contributed by atoms with Crippen molar-refractivity contribution in [3.8, 4) is 0 Å². The van der Waals surface area contributed by atoms with Gasteiger partial charge in [-0.25, -0.2) is 0 Å². The smallest absolute Gasteiger partial charge is 0.314 e. The van der Waals surface area contributed by atoms with Crippen LogP contribution in [0.3, 0.4) is 0 Å². The average molecular weight is 158 g/mol. The van der Waals surface area contributed by atoms with E-state index in [0.717, 1.165) is 0 Å². The molecule has 64 valence electrons. The molecule has 1 atom stereocenters. The summed E-state index contributed by atoms with van der Waals surface area (Å²) in [4.78, 5) is 11.0. The predicted molar refractivity (Wildman–Crippen MR) is 42.0 cm³/mol. The van der Waals surface area contributed by atoms with Crippen molar-refractivity contribution in [3.05, 3.63) is 12.7 Å². The van der Waals surface area contributed by atoms with E-state index < -0.39 is 11.4 Å². The van der Waals surface area contributed by atoms with Crippen LogP contribution in [0.1, 0.15) is 13.3 Å². The predicted octanol–water partition coefficient (Wildman–Crippen LogP) is 0.734. The van der Waals surface area contributed by atoms with Gasteiger partial charge in [-0.05, 0) is 13.3 Å². The largest absolute Gasteiger partial charge is 0.469 e. The molecule has 0 spiro atoms. The number of aliphatic hydroxyl groups is 1. The molecule has 0 saturated carbocycles. The highest BCUT2D eigenvalue weighted by Crippen LogP contribution is 2.22. The van der Waals surface area contributed by atoms with Crippen LogP contribution in [0.2, 0.25) is 0 Å². The third-order valence-electron chi connectivity index (χ3n) is 1.62. The Balaban J connectivity index is 4.31. The molecule has 0 aliphatic heterocycles. The molecule has 0 rings (SSSR count). The van der Waals surface area contributed by atoms with E-state index in [4.69, 9.17) is 5.11 Å². The Morgan fingerprint density at radius 3 is 2.64 bits per heavy atom. The zero-order chi connectivity index (χ0) is 8.91. The molecule has 0 aromatic carbocycles. The zero-order valence-electron chi connectivity index (χ0n) is 6.96. The zero-order valence-corrected chi connectivity index (χ0v) is 6.96. The van der Waals surface area contributed by atoms with E-state index in [1.807, 2.05) is 0 Å². The molecule has 1 unspecified atom stereocenters. The molecule has 0 saturated heterocycles. The standard InChI is InChI=1S/C8H14O3/c1-4-5-8(2,6-9)7(10)11-3/h4,9H,1,5-6H2,2-3H3. The number of aliphatic hydroxyl groups excluding tert-OH is 1. The number of carbonyl (C=O) groups is 1. The maximum Gasteiger partial charge on any atom is 0.314 e. The number of methoxy groups -OCH3 is 1. The summed E-state index contributed by atoms with van der Waals surface area (Å²) >= 11 is 0. The van der Waals surface area contributed by atoms with Gasteiger partial charge < -0.3 is 9.84 Å². The van der Waals surface area contributed by atoms with Crippen LogP contribution in [-0.4, -0.2) is 24.8 Å². The maximum absolute atomic E-state index is 11.0. The van der Waals surface area contributed by atoms with E-state index in [9.17, 15) is 4.79 Å². The van der Waals surface area contributed by atoms with Gasteiger partial charge >= 0.3 is 5.97 Å². The number of ether oxygens (including phenoxy) is 1. The van der Waals surface area contributed by atoms with Crippen molar-refractivity contribution in [1.82, 2.24) is 0 Å². The minimum absolute atomic E-state index is 0.217. The number of carbonyl (C=O) groups excluding carboxylic acids is 1. The van der Waals surface area contributed by atoms with Crippen molar-refractivity contribution in [2.75, 3.05) is 13.7 Å². The van der Waals surface area contributed by atoms with Gasteiger partial charge in [-0.15, -0.1) is 6.58 Å². The fourth-order valence-corrected chi connectivity index (χ4v) is 0.777. The van der Waals surface area contributed by atoms with Crippen molar-refractivity contribution in [1.29, 1.82) is 0 Å². The highest BCUT2D eigenvalue weighted by atomic mass is 16.5. The van der Waals surface area contributed by atoms with Crippen LogP contribution >= 0.6 is 0 Å². The molecule has 11 heavy (non-hydrogen) atoms. The highest BCUT2D eigenvalue weighted by Gasteiger charge is 2.31. The fourth-order valence-electron chi connectivity index (χ4n) is 0.777. The van der Waals surface area contributed by atoms with Crippen molar-refractivity contribution in [3.63, 3.8) is 0 Å². The second-order valence-electron chi connectivity index (χ2n) is 2.70. The summed E-state index contributed by atoms with van der Waals surface area (Å²) in [6, 6.07) is 0. The Morgan fingerprint density at radius 1 is 1.82 bits per heavy atom. The maximum atomic E-state index is 11.0. The van der Waals surface area contributed by atoms with Crippen molar-refractivity contribution in [2.45, 2.75) is 13.3 Å². The van der Waals surface area contributed by atoms with Crippen LogP contribution in [0.5, 0.6) is 0 Å². The number of allylic oxidation sites excluding steroid dienone is 1. The van der Waals surface area contributed by atoms with Crippen molar-refractivity contribution < 1.29 is 14.6 Å². The summed E-state index contributed by atoms with van der Waals surface area (Å²) < 4.78 is 4.51. The van der Waals surface area contributed by atoms with E-state index in [-0.39, 0.29) is 6.61 Å². The molecule has 0 aliphatic rings. The second kappa shape index (κ2) is 4.13. The Kier molecular flexibility index (Phi) is 3.82. The minimum atomic E-state index is -0.823. The molecule has 3 nitrogen and oxygen atoms in total. The van der Waals surface area contributed by atoms with Gasteiger partial charge in [-0.2, -0.15) is 0 Å². The van der Waals surface area contributed by atoms with Crippen LogP contribution in [0.4, 0.5) is 0 Å². The summed E-state index contributed by atoms with van der Waals surface area (Å²) in [6.07, 6.45) is 2.02. The number of hydrogen-bond donors (Lipinski definition) is 1. The Labute approximate surface area is 66.7 Å². The van der Waals surface area contributed by atoms with Gasteiger partial charge in [-0.1, -0.05) is 6.08 Å². The summed E-state index contributed by atoms with van der Waals surface area (Å²) in [5.74, 6) is -0.403. The lowest BCUT2D eigenvalue weighted by atomic mass is 9.88. The minimum Gasteiger partial charge on any atom is -0.469 e. The molecule has 0 amide bonds. The molecule has 0 fully saturated rings. The third kappa shape index (κ3) is 2.35. The van der Waals surface area contributed by atoms with E-state index in [2.05, 4.69) is 11.3 Å². The van der Waals surface area contributed by atoms with E-state index in [1.165, 1.54) is 7.11 Å². The first-order chi connectivity index (χ1) is 5.10. The Morgan fingerprint density at radius 2 is 2.36 bits per heavy atom. The van der Waals surface area contributed by atoms with Crippen LogP contribution in [-0.2, 0) is 9.53 Å². The Bertz CT molecular complexity index is 153. The molecule has 0 aromatic heterocycles. The van der Waals surface area contributed by atoms with Gasteiger partial charge in [0.05, 0.1) is 19.1 Å². The van der Waals surface area contributed by atoms with Gasteiger partial charge in [0.1, 0.15) is 0 Å². The molecular formula is C8H14O3. The van der Waals surface area contributed by atoms with Crippen molar-refractivity contribution >= 4 is 5.97 Å². The lowest BCUT2D eigenvalue weighted by Gasteiger charge is -2.21. The summed E-state index contributed by atoms with van der Waals surface area (Å²) in [7, 11) is 1.30. The van der Waals surface area contributed by atoms with Crippen molar-refractivity contribution in [2.24, 2.45) is 5.41 Å². The molecule has 0 radical (unpaired) electrons. The highest BCUT2D eigenvalue weighted by molar-refractivity contribution is 5.76. The fraction of sp³-hybridized carbons (Fsp3) is 0.625. The van der Waals surface area contributed by atoms with E-state index >= 15 is 0 Å². The van der Waals surface area contributed by atoms with Crippen LogP contribution in [0.25, 0.3) is 0 Å². The van der Waals surface area contributed by atoms with Crippen LogP contribution in [0, 0.1) is 5.41 Å². The molecule has 3 heteroatoms. The van der Waals surface area contributed by atoms with E-state index in [0.29, 0.717) is 6.42 Å². The Hall–Kier alpha value is -0.830. The molecule has 0 aliphatic carbocycles. The lowest BCUT2D eigenvalue weighted by Crippen LogP contribution is -2.32. The number of hydrogen-bond acceptors (Lipinski definition) is 3. The molecule has 1 N–H and O–H groups in total. The summed E-state index contributed by atoms with van der Waals surface area (Å²) in [5, 5.41) is 8.87. The van der Waals surface area contributed by atoms with Crippen LogP contribution in [0.15, 0.2) is 12.7 Å². The molecule has 0 heterocycles. The monoisotopic (exact) mass is 158 g/mol. The number of rotatable bonds is 4. The quantitative estimate of drug-likeness (QED) is 0.484. The molecule has 0 bridgehead atoms. The van der Waals surface area contributed by atoms with E-state index in [1.54, 1.807) is 13.0 Å². The number of esters is 1. The summed E-state index contributed by atoms with van der Waals surface area (Å²) in [6.45, 7) is 4.91. The first-order valence-corrected chi connectivity index (χ1v) is 3.41. The molecule has 0 aromatic rings. The third-order valence-corrected chi connectivity index (χ3v) is 1.62. The van der Waals surface area contributed by atoms with Gasteiger partial charge in [0, 0.05) is 0 Å². The second-order valence-corrected chi connectivity index (χ2v) is 2.70.